The molecular formula is C13H19N3O2. The van der Waals surface area contributed by atoms with Gasteiger partial charge < -0.3 is 15.1 Å². The summed E-state index contributed by atoms with van der Waals surface area (Å²) in [6, 6.07) is 5.70. The Bertz CT molecular complexity index is 592. The van der Waals surface area contributed by atoms with E-state index in [1.807, 2.05) is 39.1 Å². The SMILES string of the molecule is CN(Cc1ccc2oc(=O)[nH]c2c1)CC(C)(C)N. The summed E-state index contributed by atoms with van der Waals surface area (Å²) >= 11 is 0. The Morgan fingerprint density at radius 1 is 1.44 bits per heavy atom. The van der Waals surface area contributed by atoms with Crippen LogP contribution in [-0.2, 0) is 6.54 Å². The van der Waals surface area contributed by atoms with Gasteiger partial charge in [-0.05, 0) is 38.6 Å². The zero-order chi connectivity index (χ0) is 13.3. The number of aromatic amines is 1. The number of H-pyrrole nitrogens is 1. The number of fused-ring (bicyclic) bond motifs is 1. The van der Waals surface area contributed by atoms with Crippen molar-refractivity contribution in [3.63, 3.8) is 0 Å². The highest BCUT2D eigenvalue weighted by molar-refractivity contribution is 5.72. The molecule has 0 saturated carbocycles. The van der Waals surface area contributed by atoms with Gasteiger partial charge >= 0.3 is 5.76 Å². The lowest BCUT2D eigenvalue weighted by molar-refractivity contribution is 0.263. The summed E-state index contributed by atoms with van der Waals surface area (Å²) in [5.41, 5.74) is 8.20. The number of likely N-dealkylation sites (N-methyl/N-ethyl adjacent to an activating group) is 1. The highest BCUT2D eigenvalue weighted by Crippen LogP contribution is 2.14. The summed E-state index contributed by atoms with van der Waals surface area (Å²) in [5.74, 6) is -0.418. The predicted molar refractivity (Wildman–Crippen MR) is 71.4 cm³/mol. The lowest BCUT2D eigenvalue weighted by Crippen LogP contribution is -2.43. The summed E-state index contributed by atoms with van der Waals surface area (Å²) in [4.78, 5) is 15.9. The Kier molecular flexibility index (Phi) is 3.28. The number of rotatable bonds is 4. The Morgan fingerprint density at radius 2 is 2.17 bits per heavy atom. The van der Waals surface area contributed by atoms with Crippen molar-refractivity contribution in [2.45, 2.75) is 25.9 Å². The second kappa shape index (κ2) is 4.59. The summed E-state index contributed by atoms with van der Waals surface area (Å²) in [7, 11) is 2.02. The minimum Gasteiger partial charge on any atom is -0.408 e. The molecule has 5 nitrogen and oxygen atoms in total. The minimum absolute atomic E-state index is 0.219. The van der Waals surface area contributed by atoms with Gasteiger partial charge in [-0.25, -0.2) is 4.79 Å². The molecule has 0 aliphatic carbocycles. The number of oxazole rings is 1. The fraction of sp³-hybridized carbons (Fsp3) is 0.462. The van der Waals surface area contributed by atoms with Crippen LogP contribution in [0.3, 0.4) is 0 Å². The van der Waals surface area contributed by atoms with E-state index in [1.54, 1.807) is 0 Å². The molecular weight excluding hydrogens is 230 g/mol. The van der Waals surface area contributed by atoms with Gasteiger partial charge in [-0.2, -0.15) is 0 Å². The van der Waals surface area contributed by atoms with E-state index in [4.69, 9.17) is 10.2 Å². The maximum Gasteiger partial charge on any atom is 0.417 e. The summed E-state index contributed by atoms with van der Waals surface area (Å²) in [6.45, 7) is 5.58. The Hall–Kier alpha value is -1.59. The molecule has 2 rings (SSSR count). The van der Waals surface area contributed by atoms with E-state index in [0.717, 1.165) is 24.2 Å². The third-order valence-electron chi connectivity index (χ3n) is 2.61. The smallest absolute Gasteiger partial charge is 0.408 e. The minimum atomic E-state index is -0.418. The summed E-state index contributed by atoms with van der Waals surface area (Å²) in [6.07, 6.45) is 0. The standard InChI is InChI=1S/C13H19N3O2/c1-13(2,14)8-16(3)7-9-4-5-11-10(6-9)15-12(17)18-11/h4-6H,7-8,14H2,1-3H3,(H,15,17). The van der Waals surface area contributed by atoms with Gasteiger partial charge in [-0.1, -0.05) is 6.07 Å². The van der Waals surface area contributed by atoms with Crippen LogP contribution in [-0.4, -0.2) is 29.0 Å². The lowest BCUT2D eigenvalue weighted by atomic mass is 10.1. The zero-order valence-corrected chi connectivity index (χ0v) is 11.0. The highest BCUT2D eigenvalue weighted by Gasteiger charge is 2.14. The van der Waals surface area contributed by atoms with Crippen LogP contribution in [0.15, 0.2) is 27.4 Å². The van der Waals surface area contributed by atoms with Crippen LogP contribution >= 0.6 is 0 Å². The molecule has 18 heavy (non-hydrogen) atoms. The number of nitrogens with zero attached hydrogens (tertiary/aromatic N) is 1. The van der Waals surface area contributed by atoms with Gasteiger partial charge in [0.05, 0.1) is 5.52 Å². The van der Waals surface area contributed by atoms with E-state index in [1.165, 1.54) is 0 Å². The van der Waals surface area contributed by atoms with Crippen LogP contribution in [0.2, 0.25) is 0 Å². The van der Waals surface area contributed by atoms with Crippen molar-refractivity contribution in [2.75, 3.05) is 13.6 Å². The molecule has 3 N–H and O–H groups in total. The molecule has 0 bridgehead atoms. The third-order valence-corrected chi connectivity index (χ3v) is 2.61. The van der Waals surface area contributed by atoms with Crippen LogP contribution < -0.4 is 11.5 Å². The molecule has 1 aromatic heterocycles. The molecule has 0 radical (unpaired) electrons. The van der Waals surface area contributed by atoms with Crippen LogP contribution in [0.5, 0.6) is 0 Å². The number of nitrogens with one attached hydrogen (secondary N) is 1. The molecule has 98 valence electrons. The van der Waals surface area contributed by atoms with Crippen molar-refractivity contribution in [1.82, 2.24) is 9.88 Å². The van der Waals surface area contributed by atoms with E-state index in [-0.39, 0.29) is 5.54 Å². The molecule has 1 aromatic carbocycles. The maximum atomic E-state index is 11.1. The molecule has 5 heteroatoms. The van der Waals surface area contributed by atoms with Gasteiger partial charge in [-0.15, -0.1) is 0 Å². The monoisotopic (exact) mass is 249 g/mol. The van der Waals surface area contributed by atoms with Gasteiger partial charge in [0.15, 0.2) is 5.58 Å². The van der Waals surface area contributed by atoms with Crippen molar-refractivity contribution >= 4 is 11.1 Å². The summed E-state index contributed by atoms with van der Waals surface area (Å²) in [5, 5.41) is 0. The van der Waals surface area contributed by atoms with E-state index in [9.17, 15) is 4.79 Å². The van der Waals surface area contributed by atoms with Crippen LogP contribution in [0.25, 0.3) is 11.1 Å². The van der Waals surface area contributed by atoms with Crippen molar-refractivity contribution in [3.05, 3.63) is 34.3 Å². The fourth-order valence-corrected chi connectivity index (χ4v) is 2.16. The van der Waals surface area contributed by atoms with Crippen molar-refractivity contribution < 1.29 is 4.42 Å². The third kappa shape index (κ3) is 3.21. The molecule has 0 spiro atoms. The molecule has 0 unspecified atom stereocenters. The first-order chi connectivity index (χ1) is 8.33. The Labute approximate surface area is 106 Å². The quantitative estimate of drug-likeness (QED) is 0.856. The Balaban J connectivity index is 2.14. The predicted octanol–water partition coefficient (Wildman–Crippen LogP) is 1.29. The molecule has 0 aliphatic rings. The molecule has 0 aliphatic heterocycles. The van der Waals surface area contributed by atoms with Gasteiger partial charge in [-0.3, -0.25) is 4.98 Å². The number of aromatic nitrogens is 1. The number of hydrogen-bond acceptors (Lipinski definition) is 4. The van der Waals surface area contributed by atoms with E-state index in [2.05, 4.69) is 9.88 Å². The van der Waals surface area contributed by atoms with Crippen LogP contribution in [0, 0.1) is 0 Å². The molecule has 2 aromatic rings. The second-order valence-electron chi connectivity index (χ2n) is 5.51. The maximum absolute atomic E-state index is 11.1. The van der Waals surface area contributed by atoms with E-state index in [0.29, 0.717) is 5.58 Å². The highest BCUT2D eigenvalue weighted by atomic mass is 16.4. The normalized spacial score (nSPS) is 12.5. The fourth-order valence-electron chi connectivity index (χ4n) is 2.16. The van der Waals surface area contributed by atoms with Crippen molar-refractivity contribution in [1.29, 1.82) is 0 Å². The number of benzene rings is 1. The van der Waals surface area contributed by atoms with Crippen LogP contribution in [0.1, 0.15) is 19.4 Å². The average molecular weight is 249 g/mol. The van der Waals surface area contributed by atoms with E-state index >= 15 is 0 Å². The molecule has 0 atom stereocenters. The molecule has 1 heterocycles. The van der Waals surface area contributed by atoms with Crippen LogP contribution in [0.4, 0.5) is 0 Å². The van der Waals surface area contributed by atoms with Gasteiger partial charge in [0.2, 0.25) is 0 Å². The largest absolute Gasteiger partial charge is 0.417 e. The molecule has 0 fully saturated rings. The van der Waals surface area contributed by atoms with Gasteiger partial charge in [0.1, 0.15) is 0 Å². The number of nitrogens with two attached hydrogens (primary N) is 1. The molecule has 0 amide bonds. The Morgan fingerprint density at radius 3 is 2.83 bits per heavy atom. The second-order valence-corrected chi connectivity index (χ2v) is 5.51. The average Bonchev–Trinajstić information content (AvgIpc) is 2.53. The molecule has 0 saturated heterocycles. The zero-order valence-electron chi connectivity index (χ0n) is 11.0. The summed E-state index contributed by atoms with van der Waals surface area (Å²) < 4.78 is 4.96. The topological polar surface area (TPSA) is 75.3 Å². The van der Waals surface area contributed by atoms with Crippen molar-refractivity contribution in [2.24, 2.45) is 5.73 Å². The number of hydrogen-bond donors (Lipinski definition) is 2. The lowest BCUT2D eigenvalue weighted by Gasteiger charge is -2.26. The first-order valence-corrected chi connectivity index (χ1v) is 5.93. The first-order valence-electron chi connectivity index (χ1n) is 5.93. The van der Waals surface area contributed by atoms with Gasteiger partial charge in [0, 0.05) is 18.6 Å². The van der Waals surface area contributed by atoms with Crippen molar-refractivity contribution in [3.8, 4) is 0 Å². The van der Waals surface area contributed by atoms with Gasteiger partial charge in [0.25, 0.3) is 0 Å². The van der Waals surface area contributed by atoms with E-state index < -0.39 is 5.76 Å². The first kappa shape index (κ1) is 12.9.